The normalized spacial score (nSPS) is 19.4. The molecule has 0 bridgehead atoms. The van der Waals surface area contributed by atoms with Crippen LogP contribution in [-0.4, -0.2) is 71.1 Å². The second-order valence-electron chi connectivity index (χ2n) is 7.97. The van der Waals surface area contributed by atoms with Crippen molar-refractivity contribution in [2.24, 2.45) is 0 Å². The average molecular weight is 453 g/mol. The van der Waals surface area contributed by atoms with Crippen LogP contribution < -0.4 is 9.47 Å². The Morgan fingerprint density at radius 1 is 1.03 bits per heavy atom. The minimum atomic E-state index is -0.769. The highest BCUT2D eigenvalue weighted by atomic mass is 16.6. The van der Waals surface area contributed by atoms with Crippen molar-refractivity contribution >= 4 is 17.4 Å². The second kappa shape index (κ2) is 9.54. The van der Waals surface area contributed by atoms with Crippen LogP contribution in [0, 0.1) is 0 Å². The summed E-state index contributed by atoms with van der Waals surface area (Å²) in [6, 6.07) is 10.5. The molecule has 0 radical (unpaired) electrons. The molecule has 4 rings (SSSR count). The number of aromatic hydroxyl groups is 1. The van der Waals surface area contributed by atoms with Gasteiger partial charge < -0.3 is 29.5 Å². The van der Waals surface area contributed by atoms with E-state index in [1.54, 1.807) is 30.3 Å². The first-order chi connectivity index (χ1) is 15.9. The molecule has 0 aromatic heterocycles. The first-order valence-corrected chi connectivity index (χ1v) is 11.1. The molecule has 8 heteroatoms. The third kappa shape index (κ3) is 4.39. The number of amides is 1. The summed E-state index contributed by atoms with van der Waals surface area (Å²) in [5, 5.41) is 20.9. The number of fused-ring (bicyclic) bond motifs is 1. The van der Waals surface area contributed by atoms with Crippen molar-refractivity contribution in [1.29, 1.82) is 0 Å². The maximum atomic E-state index is 13.1. The molecule has 2 aliphatic heterocycles. The van der Waals surface area contributed by atoms with Gasteiger partial charge in [-0.15, -0.1) is 0 Å². The number of phenols is 1. The molecule has 1 fully saturated rings. The van der Waals surface area contributed by atoms with Gasteiger partial charge in [0.2, 0.25) is 0 Å². The second-order valence-corrected chi connectivity index (χ2v) is 7.97. The molecular weight excluding hydrogens is 424 g/mol. The summed E-state index contributed by atoms with van der Waals surface area (Å²) < 4.78 is 11.1. The number of hydrogen-bond acceptors (Lipinski definition) is 7. The van der Waals surface area contributed by atoms with Crippen molar-refractivity contribution in [1.82, 2.24) is 9.80 Å². The highest BCUT2D eigenvalue weighted by molar-refractivity contribution is 6.46. The smallest absolute Gasteiger partial charge is 0.295 e. The Hall–Kier alpha value is -3.52. The number of aliphatic hydroxyl groups is 1. The number of Topliss-reactive ketones (excluding diaryl/α,β-unsaturated/α-hetero) is 1. The van der Waals surface area contributed by atoms with Gasteiger partial charge in [0.25, 0.3) is 11.7 Å². The molecule has 8 nitrogen and oxygen atoms in total. The fraction of sp³-hybridized carbons (Fsp3) is 0.360. The van der Waals surface area contributed by atoms with Crippen molar-refractivity contribution in [3.63, 3.8) is 0 Å². The van der Waals surface area contributed by atoms with Gasteiger partial charge in [-0.25, -0.2) is 0 Å². The van der Waals surface area contributed by atoms with Gasteiger partial charge in [-0.2, -0.15) is 0 Å². The van der Waals surface area contributed by atoms with Crippen LogP contribution >= 0.6 is 0 Å². The lowest BCUT2D eigenvalue weighted by atomic mass is 9.95. The van der Waals surface area contributed by atoms with Crippen LogP contribution in [0.5, 0.6) is 17.2 Å². The van der Waals surface area contributed by atoms with Crippen LogP contribution in [0.4, 0.5) is 0 Å². The SMILES string of the molecule is CCN(CC)CCN1C(=O)C(=O)C(=C(O)c2ccc3c(c2)OCCO3)C1c1ccc(O)cc1. The van der Waals surface area contributed by atoms with Crippen molar-refractivity contribution in [2.75, 3.05) is 39.4 Å². The molecule has 1 unspecified atom stereocenters. The van der Waals surface area contributed by atoms with E-state index >= 15 is 0 Å². The Kier molecular flexibility index (Phi) is 6.55. The molecule has 0 saturated carbocycles. The molecule has 1 amide bonds. The van der Waals surface area contributed by atoms with Crippen molar-refractivity contribution in [3.8, 4) is 17.2 Å². The number of ether oxygens (including phenoxy) is 2. The standard InChI is InChI=1S/C25H28N2O6/c1-3-26(4-2)11-12-27-22(16-5-8-18(28)9-6-16)21(24(30)25(27)31)23(29)17-7-10-19-20(15-17)33-14-13-32-19/h5-10,15,22,28-29H,3-4,11-14H2,1-2H3. The summed E-state index contributed by atoms with van der Waals surface area (Å²) in [5.41, 5.74) is 1.01. The Morgan fingerprint density at radius 3 is 2.36 bits per heavy atom. The van der Waals surface area contributed by atoms with Crippen molar-refractivity contribution in [2.45, 2.75) is 19.9 Å². The molecular formula is C25H28N2O6. The highest BCUT2D eigenvalue weighted by Crippen LogP contribution is 2.41. The maximum absolute atomic E-state index is 13.1. The number of ketones is 1. The topological polar surface area (TPSA) is 99.5 Å². The summed E-state index contributed by atoms with van der Waals surface area (Å²) in [7, 11) is 0. The van der Waals surface area contributed by atoms with E-state index in [0.717, 1.165) is 13.1 Å². The fourth-order valence-corrected chi connectivity index (χ4v) is 4.25. The number of carbonyl (C=O) groups is 2. The molecule has 0 aliphatic carbocycles. The zero-order valence-corrected chi connectivity index (χ0v) is 18.8. The quantitative estimate of drug-likeness (QED) is 0.379. The van der Waals surface area contributed by atoms with E-state index < -0.39 is 17.7 Å². The van der Waals surface area contributed by atoms with Gasteiger partial charge in [0.15, 0.2) is 11.5 Å². The lowest BCUT2D eigenvalue weighted by molar-refractivity contribution is -0.140. The molecule has 0 spiro atoms. The van der Waals surface area contributed by atoms with E-state index in [2.05, 4.69) is 4.90 Å². The van der Waals surface area contributed by atoms with E-state index in [4.69, 9.17) is 9.47 Å². The number of rotatable bonds is 7. The molecule has 33 heavy (non-hydrogen) atoms. The fourth-order valence-electron chi connectivity index (χ4n) is 4.25. The molecule has 1 atom stereocenters. The van der Waals surface area contributed by atoms with Gasteiger partial charge in [-0.05, 0) is 49.0 Å². The number of nitrogens with zero attached hydrogens (tertiary/aromatic N) is 2. The first kappa shape index (κ1) is 22.7. The number of likely N-dealkylation sites (tertiary alicyclic amines) is 1. The molecule has 2 aromatic rings. The molecule has 2 aromatic carbocycles. The van der Waals surface area contributed by atoms with Crippen molar-refractivity contribution in [3.05, 3.63) is 59.2 Å². The molecule has 1 saturated heterocycles. The summed E-state index contributed by atoms with van der Waals surface area (Å²) in [5.74, 6) is -0.548. The molecule has 2 aliphatic rings. The summed E-state index contributed by atoms with van der Waals surface area (Å²) in [6.07, 6.45) is 0. The van der Waals surface area contributed by atoms with E-state index in [1.807, 2.05) is 13.8 Å². The molecule has 174 valence electrons. The summed E-state index contributed by atoms with van der Waals surface area (Å²) in [6.45, 7) is 7.47. The molecule has 2 N–H and O–H groups in total. The van der Waals surface area contributed by atoms with Crippen LogP contribution in [-0.2, 0) is 9.59 Å². The Labute approximate surface area is 192 Å². The predicted octanol–water partition coefficient (Wildman–Crippen LogP) is 2.93. The summed E-state index contributed by atoms with van der Waals surface area (Å²) in [4.78, 5) is 29.8. The van der Waals surface area contributed by atoms with E-state index in [-0.39, 0.29) is 17.1 Å². The number of phenolic OH excluding ortho intramolecular Hbond substituents is 1. The number of carbonyl (C=O) groups excluding carboxylic acids is 2. The zero-order valence-electron chi connectivity index (χ0n) is 18.8. The number of hydrogen-bond donors (Lipinski definition) is 2. The van der Waals surface area contributed by atoms with E-state index in [0.29, 0.717) is 48.9 Å². The lowest BCUT2D eigenvalue weighted by Gasteiger charge is -2.28. The van der Waals surface area contributed by atoms with Crippen LogP contribution in [0.3, 0.4) is 0 Å². The van der Waals surface area contributed by atoms with Crippen LogP contribution in [0.2, 0.25) is 0 Å². The largest absolute Gasteiger partial charge is 0.508 e. The minimum Gasteiger partial charge on any atom is -0.508 e. The number of benzene rings is 2. The van der Waals surface area contributed by atoms with Gasteiger partial charge in [-0.3, -0.25) is 9.59 Å². The van der Waals surface area contributed by atoms with Gasteiger partial charge >= 0.3 is 0 Å². The Morgan fingerprint density at radius 2 is 1.70 bits per heavy atom. The minimum absolute atomic E-state index is 0.0157. The third-order valence-corrected chi connectivity index (χ3v) is 6.12. The van der Waals surface area contributed by atoms with Crippen LogP contribution in [0.25, 0.3) is 5.76 Å². The number of likely N-dealkylation sites (N-methyl/N-ethyl adjacent to an activating group) is 1. The van der Waals surface area contributed by atoms with Crippen LogP contribution in [0.15, 0.2) is 48.0 Å². The van der Waals surface area contributed by atoms with Gasteiger partial charge in [0.1, 0.15) is 24.7 Å². The predicted molar refractivity (Wildman–Crippen MR) is 122 cm³/mol. The average Bonchev–Trinajstić information content (AvgIpc) is 3.09. The van der Waals surface area contributed by atoms with Gasteiger partial charge in [-0.1, -0.05) is 26.0 Å². The number of aliphatic hydroxyl groups excluding tert-OH is 1. The van der Waals surface area contributed by atoms with Crippen molar-refractivity contribution < 1.29 is 29.3 Å². The van der Waals surface area contributed by atoms with Gasteiger partial charge in [0.05, 0.1) is 11.6 Å². The maximum Gasteiger partial charge on any atom is 0.295 e. The molecule has 2 heterocycles. The zero-order chi connectivity index (χ0) is 23.5. The monoisotopic (exact) mass is 452 g/mol. The van der Waals surface area contributed by atoms with E-state index in [9.17, 15) is 19.8 Å². The first-order valence-electron chi connectivity index (χ1n) is 11.1. The van der Waals surface area contributed by atoms with Gasteiger partial charge in [0, 0.05) is 18.7 Å². The van der Waals surface area contributed by atoms with E-state index in [1.165, 1.54) is 17.0 Å². The summed E-state index contributed by atoms with van der Waals surface area (Å²) >= 11 is 0. The highest BCUT2D eigenvalue weighted by Gasteiger charge is 2.46. The lowest BCUT2D eigenvalue weighted by Crippen LogP contribution is -2.38. The van der Waals surface area contributed by atoms with Crippen LogP contribution in [0.1, 0.15) is 31.0 Å². The Balaban J connectivity index is 1.78. The third-order valence-electron chi connectivity index (χ3n) is 6.12. The Bertz CT molecular complexity index is 1070.